The van der Waals surface area contributed by atoms with Crippen molar-refractivity contribution in [3.63, 3.8) is 0 Å². The molecule has 1 aromatic carbocycles. The van der Waals surface area contributed by atoms with E-state index in [4.69, 9.17) is 5.26 Å². The fraction of sp³-hybridized carbons (Fsp3) is 0.529. The molecule has 1 saturated carbocycles. The maximum absolute atomic E-state index is 12.0. The van der Waals surface area contributed by atoms with Crippen molar-refractivity contribution in [2.24, 2.45) is 5.92 Å². The summed E-state index contributed by atoms with van der Waals surface area (Å²) in [4.78, 5) is 12.0. The van der Waals surface area contributed by atoms with E-state index in [9.17, 15) is 9.90 Å². The van der Waals surface area contributed by atoms with Gasteiger partial charge in [0.15, 0.2) is 0 Å². The van der Waals surface area contributed by atoms with Gasteiger partial charge in [0.05, 0.1) is 11.5 Å². The lowest BCUT2D eigenvalue weighted by Gasteiger charge is -2.20. The maximum Gasteiger partial charge on any atom is 0.319 e. The normalized spacial score (nSPS) is 21.2. The molecule has 0 heterocycles. The van der Waals surface area contributed by atoms with Crippen LogP contribution in [0, 0.1) is 17.2 Å². The van der Waals surface area contributed by atoms with Crippen molar-refractivity contribution in [1.82, 2.24) is 5.32 Å². The minimum Gasteiger partial charge on any atom is -0.396 e. The average molecular weight is 301 g/mol. The molecule has 1 aromatic rings. The Morgan fingerprint density at radius 2 is 2.05 bits per heavy atom. The van der Waals surface area contributed by atoms with E-state index in [1.165, 1.54) is 0 Å². The predicted octanol–water partition coefficient (Wildman–Crippen LogP) is 2.77. The lowest BCUT2D eigenvalue weighted by molar-refractivity contribution is 0.203. The number of aliphatic hydroxyl groups is 1. The molecule has 1 aliphatic rings. The number of amides is 2. The zero-order valence-corrected chi connectivity index (χ0v) is 13.1. The number of nitrogens with zero attached hydrogens (tertiary/aromatic N) is 1. The van der Waals surface area contributed by atoms with Crippen molar-refractivity contribution in [1.29, 1.82) is 5.26 Å². The van der Waals surface area contributed by atoms with Gasteiger partial charge >= 0.3 is 6.03 Å². The summed E-state index contributed by atoms with van der Waals surface area (Å²) in [5, 5.41) is 24.1. The Hall–Kier alpha value is -2.06. The number of carbonyl (C=O) groups is 1. The van der Waals surface area contributed by atoms with E-state index in [2.05, 4.69) is 16.7 Å². The first-order valence-corrected chi connectivity index (χ1v) is 7.66. The Balaban J connectivity index is 1.94. The van der Waals surface area contributed by atoms with Crippen LogP contribution in [0.4, 0.5) is 10.5 Å². The van der Waals surface area contributed by atoms with Gasteiger partial charge in [0.25, 0.3) is 0 Å². The standard InChI is InChI=1S/C17H23N3O2/c1-17(2,11-18)13-6-8-14(9-7-13)19-16(22)20-15-5-3-4-12(15)10-21/h6-9,12,15,21H,3-5,10H2,1-2H3,(H2,19,20,22)/t12-,15-/m0/s1. The van der Waals surface area contributed by atoms with Gasteiger partial charge in [-0.25, -0.2) is 4.79 Å². The predicted molar refractivity (Wildman–Crippen MR) is 85.5 cm³/mol. The van der Waals surface area contributed by atoms with Crippen LogP contribution in [0.1, 0.15) is 38.7 Å². The minimum atomic E-state index is -0.543. The number of rotatable bonds is 4. The summed E-state index contributed by atoms with van der Waals surface area (Å²) in [6.45, 7) is 3.83. The van der Waals surface area contributed by atoms with Crippen molar-refractivity contribution >= 4 is 11.7 Å². The van der Waals surface area contributed by atoms with Crippen LogP contribution < -0.4 is 10.6 Å². The number of hydrogen-bond acceptors (Lipinski definition) is 3. The highest BCUT2D eigenvalue weighted by Crippen LogP contribution is 2.26. The molecule has 0 unspecified atom stereocenters. The molecule has 2 rings (SSSR count). The van der Waals surface area contributed by atoms with E-state index in [0.717, 1.165) is 24.8 Å². The van der Waals surface area contributed by atoms with Crippen LogP contribution in [0.2, 0.25) is 0 Å². The Morgan fingerprint density at radius 1 is 1.36 bits per heavy atom. The number of nitriles is 1. The number of urea groups is 1. The topological polar surface area (TPSA) is 85.2 Å². The molecule has 5 nitrogen and oxygen atoms in total. The van der Waals surface area contributed by atoms with Gasteiger partial charge in [0.2, 0.25) is 0 Å². The highest BCUT2D eigenvalue weighted by atomic mass is 16.3. The number of benzene rings is 1. The summed E-state index contributed by atoms with van der Waals surface area (Å²) in [5.74, 6) is 0.157. The van der Waals surface area contributed by atoms with Gasteiger partial charge in [-0.05, 0) is 44.4 Å². The molecule has 0 spiro atoms. The zero-order valence-electron chi connectivity index (χ0n) is 13.1. The Kier molecular flexibility index (Phi) is 5.04. The molecule has 3 N–H and O–H groups in total. The van der Waals surface area contributed by atoms with Crippen molar-refractivity contribution in [3.05, 3.63) is 29.8 Å². The van der Waals surface area contributed by atoms with Gasteiger partial charge in [-0.2, -0.15) is 5.26 Å². The summed E-state index contributed by atoms with van der Waals surface area (Å²) < 4.78 is 0. The molecular formula is C17H23N3O2. The van der Waals surface area contributed by atoms with Gasteiger partial charge < -0.3 is 15.7 Å². The van der Waals surface area contributed by atoms with Crippen molar-refractivity contribution < 1.29 is 9.90 Å². The van der Waals surface area contributed by atoms with Crippen LogP contribution in [0.5, 0.6) is 0 Å². The van der Waals surface area contributed by atoms with E-state index in [-0.39, 0.29) is 24.6 Å². The zero-order chi connectivity index (χ0) is 16.2. The van der Waals surface area contributed by atoms with E-state index in [0.29, 0.717) is 5.69 Å². The number of nitrogens with one attached hydrogen (secondary N) is 2. The molecule has 1 aliphatic carbocycles. The average Bonchev–Trinajstić information content (AvgIpc) is 2.94. The number of hydrogen-bond donors (Lipinski definition) is 3. The van der Waals surface area contributed by atoms with Crippen molar-refractivity contribution in [2.45, 2.75) is 44.6 Å². The molecule has 0 saturated heterocycles. The largest absolute Gasteiger partial charge is 0.396 e. The Bertz CT molecular complexity index is 560. The second-order valence-electron chi connectivity index (χ2n) is 6.39. The SMILES string of the molecule is CC(C)(C#N)c1ccc(NC(=O)N[C@H]2CCC[C@H]2CO)cc1. The molecule has 5 heteroatoms. The Labute approximate surface area is 131 Å². The molecule has 0 radical (unpaired) electrons. The minimum absolute atomic E-state index is 0.0433. The van der Waals surface area contributed by atoms with E-state index >= 15 is 0 Å². The summed E-state index contributed by atoms with van der Waals surface area (Å²) in [7, 11) is 0. The van der Waals surface area contributed by atoms with Crippen LogP contribution >= 0.6 is 0 Å². The molecule has 1 fully saturated rings. The molecule has 2 amide bonds. The van der Waals surface area contributed by atoms with E-state index in [1.807, 2.05) is 26.0 Å². The van der Waals surface area contributed by atoms with Crippen LogP contribution in [-0.2, 0) is 5.41 Å². The fourth-order valence-corrected chi connectivity index (χ4v) is 2.82. The highest BCUT2D eigenvalue weighted by Gasteiger charge is 2.27. The van der Waals surface area contributed by atoms with Crippen LogP contribution in [0.25, 0.3) is 0 Å². The highest BCUT2D eigenvalue weighted by molar-refractivity contribution is 5.89. The molecule has 22 heavy (non-hydrogen) atoms. The Morgan fingerprint density at radius 3 is 2.64 bits per heavy atom. The first kappa shape index (κ1) is 16.3. The summed E-state index contributed by atoms with van der Waals surface area (Å²) in [6.07, 6.45) is 2.90. The first-order valence-electron chi connectivity index (χ1n) is 7.66. The maximum atomic E-state index is 12.0. The molecule has 0 bridgehead atoms. The second kappa shape index (κ2) is 6.80. The monoisotopic (exact) mass is 301 g/mol. The van der Waals surface area contributed by atoms with Gasteiger partial charge in [-0.1, -0.05) is 18.6 Å². The third-order valence-corrected chi connectivity index (χ3v) is 4.35. The molecular weight excluding hydrogens is 278 g/mol. The third-order valence-electron chi connectivity index (χ3n) is 4.35. The number of carbonyl (C=O) groups excluding carboxylic acids is 1. The van der Waals surface area contributed by atoms with E-state index in [1.54, 1.807) is 12.1 Å². The smallest absolute Gasteiger partial charge is 0.319 e. The van der Waals surface area contributed by atoms with Gasteiger partial charge in [-0.3, -0.25) is 0 Å². The molecule has 2 atom stereocenters. The van der Waals surface area contributed by atoms with Crippen molar-refractivity contribution in [2.75, 3.05) is 11.9 Å². The van der Waals surface area contributed by atoms with Crippen molar-refractivity contribution in [3.8, 4) is 6.07 Å². The first-order chi connectivity index (χ1) is 10.5. The lowest BCUT2D eigenvalue weighted by Crippen LogP contribution is -2.41. The van der Waals surface area contributed by atoms with Gasteiger partial charge in [0, 0.05) is 24.3 Å². The quantitative estimate of drug-likeness (QED) is 0.799. The molecule has 118 valence electrons. The summed E-state index contributed by atoms with van der Waals surface area (Å²) in [5.41, 5.74) is 1.06. The summed E-state index contributed by atoms with van der Waals surface area (Å²) >= 11 is 0. The second-order valence-corrected chi connectivity index (χ2v) is 6.39. The fourth-order valence-electron chi connectivity index (χ4n) is 2.82. The molecule has 0 aliphatic heterocycles. The lowest BCUT2D eigenvalue weighted by atomic mass is 9.86. The van der Waals surface area contributed by atoms with Crippen LogP contribution in [0.15, 0.2) is 24.3 Å². The number of anilines is 1. The van der Waals surface area contributed by atoms with Gasteiger partial charge in [-0.15, -0.1) is 0 Å². The molecule has 0 aromatic heterocycles. The van der Waals surface area contributed by atoms with Crippen LogP contribution in [-0.4, -0.2) is 23.8 Å². The van der Waals surface area contributed by atoms with E-state index < -0.39 is 5.41 Å². The number of aliphatic hydroxyl groups excluding tert-OH is 1. The summed E-state index contributed by atoms with van der Waals surface area (Å²) in [6, 6.07) is 9.34. The van der Waals surface area contributed by atoms with Crippen LogP contribution in [0.3, 0.4) is 0 Å². The third kappa shape index (κ3) is 3.77. The van der Waals surface area contributed by atoms with Gasteiger partial charge in [0.1, 0.15) is 0 Å².